The van der Waals surface area contributed by atoms with E-state index in [0.717, 1.165) is 32.2 Å². The first-order valence-electron chi connectivity index (χ1n) is 13.1. The lowest BCUT2D eigenvalue weighted by Gasteiger charge is -2.41. The molecular weight excluding hydrogens is 428 g/mol. The van der Waals surface area contributed by atoms with Crippen LogP contribution in [0.2, 0.25) is 0 Å². The Morgan fingerprint density at radius 1 is 0.912 bits per heavy atom. The van der Waals surface area contributed by atoms with Gasteiger partial charge in [-0.3, -0.25) is 0 Å². The predicted molar refractivity (Wildman–Crippen MR) is 131 cm³/mol. The fourth-order valence-electron chi connectivity index (χ4n) is 6.24. The van der Waals surface area contributed by atoms with E-state index in [4.69, 9.17) is 9.47 Å². The number of aryl methyl sites for hydroxylation is 1. The molecule has 6 heteroatoms. The third kappa shape index (κ3) is 4.12. The summed E-state index contributed by atoms with van der Waals surface area (Å²) in [6.07, 6.45) is 12.5. The number of carbonyl (C=O) groups excluding carboxylic acids is 2. The Kier molecular flexibility index (Phi) is 6.66. The molecule has 1 atom stereocenters. The minimum atomic E-state index is -0.613. The van der Waals surface area contributed by atoms with Gasteiger partial charge >= 0.3 is 11.9 Å². The van der Waals surface area contributed by atoms with Gasteiger partial charge in [-0.15, -0.1) is 0 Å². The maximum absolute atomic E-state index is 12.6. The standard InChI is InChI=1S/C28H36N2O4/c1-3-33-27(31)23(28(32)34-4-2)18-29-16-15-25-21-14-13-20(19-9-6-5-7-10-19)17-22(21)24-11-8-12-26(29)30(24)25/h13-14,17-19,26H,3-12,15-16H2,1-2H3. The van der Waals surface area contributed by atoms with Crippen LogP contribution in [0.4, 0.5) is 0 Å². The molecule has 5 rings (SSSR count). The third-order valence-electron chi connectivity index (χ3n) is 7.77. The van der Waals surface area contributed by atoms with Crippen molar-refractivity contribution in [3.8, 4) is 0 Å². The molecule has 182 valence electrons. The quantitative estimate of drug-likeness (QED) is 0.248. The molecule has 0 saturated heterocycles. The number of hydrogen-bond acceptors (Lipinski definition) is 5. The highest BCUT2D eigenvalue weighted by molar-refractivity contribution is 6.14. The van der Waals surface area contributed by atoms with Crippen LogP contribution in [0, 0.1) is 0 Å². The fraction of sp³-hybridized carbons (Fsp3) is 0.571. The van der Waals surface area contributed by atoms with Gasteiger partial charge in [0.15, 0.2) is 5.57 Å². The van der Waals surface area contributed by atoms with Gasteiger partial charge in [0.2, 0.25) is 0 Å². The SMILES string of the molecule is CCOC(=O)C(=CN1CCc2c3ccc(C4CCCCC4)cc3c3n2C1CCC3)C(=O)OCC. The van der Waals surface area contributed by atoms with E-state index in [-0.39, 0.29) is 25.0 Å². The van der Waals surface area contributed by atoms with Gasteiger partial charge in [0.1, 0.15) is 6.17 Å². The molecule has 3 aliphatic rings. The average molecular weight is 465 g/mol. The molecule has 0 bridgehead atoms. The second-order valence-electron chi connectivity index (χ2n) is 9.75. The largest absolute Gasteiger partial charge is 0.462 e. The first kappa shape index (κ1) is 23.0. The summed E-state index contributed by atoms with van der Waals surface area (Å²) in [4.78, 5) is 27.3. The molecule has 1 fully saturated rings. The van der Waals surface area contributed by atoms with Crippen LogP contribution in [-0.2, 0) is 31.9 Å². The van der Waals surface area contributed by atoms with E-state index in [9.17, 15) is 9.59 Å². The van der Waals surface area contributed by atoms with Crippen LogP contribution in [0.3, 0.4) is 0 Å². The van der Waals surface area contributed by atoms with Gasteiger partial charge in [0, 0.05) is 41.3 Å². The number of ether oxygens (including phenoxy) is 2. The van der Waals surface area contributed by atoms with E-state index in [1.54, 1.807) is 20.0 Å². The molecule has 0 spiro atoms. The van der Waals surface area contributed by atoms with Crippen LogP contribution in [0.1, 0.15) is 87.8 Å². The van der Waals surface area contributed by atoms with Gasteiger partial charge in [-0.05, 0) is 63.5 Å². The summed E-state index contributed by atoms with van der Waals surface area (Å²) in [7, 11) is 0. The lowest BCUT2D eigenvalue weighted by molar-refractivity contribution is -0.146. The fourth-order valence-corrected chi connectivity index (χ4v) is 6.24. The van der Waals surface area contributed by atoms with Gasteiger partial charge in [0.25, 0.3) is 0 Å². The molecule has 2 aromatic rings. The van der Waals surface area contributed by atoms with Crippen molar-refractivity contribution in [3.63, 3.8) is 0 Å². The Labute approximate surface area is 201 Å². The lowest BCUT2D eigenvalue weighted by Crippen LogP contribution is -2.39. The molecular formula is C28H36N2O4. The molecule has 1 saturated carbocycles. The Balaban J connectivity index is 1.52. The Hall–Kier alpha value is -2.76. The summed E-state index contributed by atoms with van der Waals surface area (Å²) in [6, 6.07) is 7.18. The highest BCUT2D eigenvalue weighted by Gasteiger charge is 2.34. The molecule has 3 heterocycles. The smallest absolute Gasteiger partial charge is 0.347 e. The van der Waals surface area contributed by atoms with E-state index >= 15 is 0 Å². The molecule has 1 aromatic heterocycles. The van der Waals surface area contributed by atoms with E-state index in [1.165, 1.54) is 59.8 Å². The average Bonchev–Trinajstić information content (AvgIpc) is 3.19. The summed E-state index contributed by atoms with van der Waals surface area (Å²) >= 11 is 0. The Bertz CT molecular complexity index is 1090. The van der Waals surface area contributed by atoms with Crippen molar-refractivity contribution in [1.29, 1.82) is 0 Å². The first-order valence-corrected chi connectivity index (χ1v) is 13.1. The van der Waals surface area contributed by atoms with Crippen LogP contribution >= 0.6 is 0 Å². The normalized spacial score (nSPS) is 20.1. The zero-order valence-corrected chi connectivity index (χ0v) is 20.5. The highest BCUT2D eigenvalue weighted by Crippen LogP contribution is 2.42. The van der Waals surface area contributed by atoms with Gasteiger partial charge < -0.3 is 18.9 Å². The molecule has 1 aliphatic carbocycles. The van der Waals surface area contributed by atoms with E-state index in [2.05, 4.69) is 27.7 Å². The number of rotatable bonds is 6. The minimum absolute atomic E-state index is 0.0180. The maximum atomic E-state index is 12.6. The second kappa shape index (κ2) is 9.85. The summed E-state index contributed by atoms with van der Waals surface area (Å²) < 4.78 is 12.8. The molecule has 0 amide bonds. The van der Waals surface area contributed by atoms with Gasteiger partial charge in [-0.25, -0.2) is 9.59 Å². The van der Waals surface area contributed by atoms with Crippen molar-refractivity contribution < 1.29 is 19.1 Å². The maximum Gasteiger partial charge on any atom is 0.347 e. The third-order valence-corrected chi connectivity index (χ3v) is 7.77. The number of esters is 2. The van der Waals surface area contributed by atoms with Gasteiger partial charge in [-0.2, -0.15) is 0 Å². The first-order chi connectivity index (χ1) is 16.6. The lowest BCUT2D eigenvalue weighted by atomic mass is 9.83. The Morgan fingerprint density at radius 3 is 2.32 bits per heavy atom. The minimum Gasteiger partial charge on any atom is -0.462 e. The zero-order valence-electron chi connectivity index (χ0n) is 20.5. The number of aromatic nitrogens is 1. The summed E-state index contributed by atoms with van der Waals surface area (Å²) in [5, 5.41) is 2.78. The number of hydrogen-bond donors (Lipinski definition) is 0. The van der Waals surface area contributed by atoms with Crippen LogP contribution in [0.15, 0.2) is 30.0 Å². The van der Waals surface area contributed by atoms with Crippen molar-refractivity contribution in [2.24, 2.45) is 0 Å². The number of carbonyl (C=O) groups is 2. The molecule has 2 aliphatic heterocycles. The van der Waals surface area contributed by atoms with E-state index < -0.39 is 11.9 Å². The van der Waals surface area contributed by atoms with Crippen molar-refractivity contribution in [2.75, 3.05) is 19.8 Å². The molecule has 0 radical (unpaired) electrons. The molecule has 34 heavy (non-hydrogen) atoms. The van der Waals surface area contributed by atoms with Crippen LogP contribution < -0.4 is 0 Å². The molecule has 0 N–H and O–H groups in total. The van der Waals surface area contributed by atoms with Gasteiger partial charge in [0.05, 0.1) is 13.2 Å². The monoisotopic (exact) mass is 464 g/mol. The topological polar surface area (TPSA) is 60.8 Å². The summed E-state index contributed by atoms with van der Waals surface area (Å²) in [5.41, 5.74) is 4.28. The molecule has 1 aromatic carbocycles. The number of fused-ring (bicyclic) bond motifs is 3. The van der Waals surface area contributed by atoms with Crippen molar-refractivity contribution in [3.05, 3.63) is 46.9 Å². The highest BCUT2D eigenvalue weighted by atomic mass is 16.6. The van der Waals surface area contributed by atoms with Crippen molar-refractivity contribution in [1.82, 2.24) is 9.47 Å². The van der Waals surface area contributed by atoms with E-state index in [0.29, 0.717) is 5.92 Å². The van der Waals surface area contributed by atoms with Crippen molar-refractivity contribution in [2.45, 2.75) is 83.7 Å². The van der Waals surface area contributed by atoms with Crippen LogP contribution in [0.5, 0.6) is 0 Å². The van der Waals surface area contributed by atoms with Crippen LogP contribution in [0.25, 0.3) is 10.8 Å². The predicted octanol–water partition coefficient (Wildman–Crippen LogP) is 5.39. The summed E-state index contributed by atoms with van der Waals surface area (Å²) in [6.45, 7) is 4.69. The molecule has 1 unspecified atom stereocenters. The number of nitrogens with zero attached hydrogens (tertiary/aromatic N) is 2. The zero-order chi connectivity index (χ0) is 23.7. The number of benzene rings is 1. The molecule has 6 nitrogen and oxygen atoms in total. The van der Waals surface area contributed by atoms with E-state index in [1.807, 2.05) is 0 Å². The summed E-state index contributed by atoms with van der Waals surface area (Å²) in [5.74, 6) is -0.534. The second-order valence-corrected chi connectivity index (χ2v) is 9.75. The van der Waals surface area contributed by atoms with Crippen molar-refractivity contribution >= 4 is 22.7 Å². The van der Waals surface area contributed by atoms with Gasteiger partial charge in [-0.1, -0.05) is 31.4 Å². The Morgan fingerprint density at radius 2 is 1.62 bits per heavy atom. The van der Waals surface area contributed by atoms with Crippen LogP contribution in [-0.4, -0.2) is 41.2 Å².